The van der Waals surface area contributed by atoms with Crippen molar-refractivity contribution < 1.29 is 9.59 Å². The maximum absolute atomic E-state index is 13.3. The van der Waals surface area contributed by atoms with E-state index < -0.39 is 5.41 Å². The van der Waals surface area contributed by atoms with Gasteiger partial charge in [-0.1, -0.05) is 51.9 Å². The first-order chi connectivity index (χ1) is 16.1. The second kappa shape index (κ2) is 15.3. The van der Waals surface area contributed by atoms with Gasteiger partial charge >= 0.3 is 156 Å². The van der Waals surface area contributed by atoms with Gasteiger partial charge in [0.15, 0.2) is 0 Å². The molecule has 0 N–H and O–H groups in total. The number of nitriles is 1. The SMILES string of the molecule is CCCCCCCCCCCCCCCCN1C(=O)c2ccccc2C(C)(C[Se]C#N)C1=O. The molecule has 1 unspecified atom stereocenters. The molecule has 1 aromatic rings. The van der Waals surface area contributed by atoms with E-state index in [4.69, 9.17) is 5.26 Å². The topological polar surface area (TPSA) is 61.2 Å². The van der Waals surface area contributed by atoms with Crippen LogP contribution in [0.5, 0.6) is 0 Å². The first kappa shape index (κ1) is 27.6. The minimum atomic E-state index is -0.768. The Balaban J connectivity index is 1.67. The third kappa shape index (κ3) is 8.27. The van der Waals surface area contributed by atoms with Gasteiger partial charge in [0.05, 0.1) is 0 Å². The van der Waals surface area contributed by atoms with Gasteiger partial charge < -0.3 is 0 Å². The van der Waals surface area contributed by atoms with Crippen LogP contribution in [0.15, 0.2) is 24.3 Å². The molecule has 2 amide bonds. The van der Waals surface area contributed by atoms with Crippen molar-refractivity contribution in [1.82, 2.24) is 4.90 Å². The van der Waals surface area contributed by atoms with E-state index in [2.05, 4.69) is 11.9 Å². The second-order valence-corrected chi connectivity index (χ2v) is 11.2. The number of nitrogens with zero attached hydrogens (tertiary/aromatic N) is 2. The second-order valence-electron chi connectivity index (χ2n) is 9.62. The van der Waals surface area contributed by atoms with Crippen LogP contribution in [0.3, 0.4) is 0 Å². The van der Waals surface area contributed by atoms with Crippen molar-refractivity contribution >= 4 is 26.8 Å². The molecule has 1 heterocycles. The number of amides is 2. The van der Waals surface area contributed by atoms with E-state index in [1.54, 1.807) is 0 Å². The fourth-order valence-electron chi connectivity index (χ4n) is 4.79. The summed E-state index contributed by atoms with van der Waals surface area (Å²) >= 11 is -0.279. The molecule has 1 atom stereocenters. The van der Waals surface area contributed by atoms with E-state index in [1.165, 1.54) is 81.9 Å². The zero-order valence-electron chi connectivity index (χ0n) is 20.7. The molecule has 5 heteroatoms. The molecule has 0 radical (unpaired) electrons. The van der Waals surface area contributed by atoms with Crippen LogP contribution in [0.1, 0.15) is 120 Å². The Morgan fingerprint density at radius 3 is 1.91 bits per heavy atom. The molecule has 4 nitrogen and oxygen atoms in total. The monoisotopic (exact) mass is 518 g/mol. The Kier molecular flexibility index (Phi) is 12.8. The normalized spacial score (nSPS) is 17.8. The standard InChI is InChI=1S/C28H42N2O2Se/c1-3-4-5-6-7-8-9-10-11-12-13-14-15-18-21-30-26(31)24-19-16-17-20-25(24)28(2,27(30)32)22-33-23-29/h16-17,19-20H,3-15,18,21-22H2,1-2H3. The molecule has 182 valence electrons. The van der Waals surface area contributed by atoms with Crippen LogP contribution in [-0.2, 0) is 10.2 Å². The van der Waals surface area contributed by atoms with Gasteiger partial charge in [-0.2, -0.15) is 0 Å². The zero-order valence-corrected chi connectivity index (χ0v) is 22.5. The molecule has 0 aliphatic carbocycles. The number of carbonyl (C=O) groups excluding carboxylic acids is 2. The molecule has 0 fully saturated rings. The number of benzene rings is 1. The summed E-state index contributed by atoms with van der Waals surface area (Å²) < 4.78 is 0. The quantitative estimate of drug-likeness (QED) is 0.127. The third-order valence-electron chi connectivity index (χ3n) is 6.87. The van der Waals surface area contributed by atoms with Crippen molar-refractivity contribution in [2.45, 2.75) is 114 Å². The predicted molar refractivity (Wildman–Crippen MR) is 136 cm³/mol. The molecule has 0 saturated carbocycles. The van der Waals surface area contributed by atoms with Crippen molar-refractivity contribution in [3.8, 4) is 4.97 Å². The van der Waals surface area contributed by atoms with Crippen LogP contribution in [0, 0.1) is 10.2 Å². The van der Waals surface area contributed by atoms with Crippen LogP contribution >= 0.6 is 0 Å². The van der Waals surface area contributed by atoms with Crippen LogP contribution < -0.4 is 0 Å². The number of imide groups is 1. The number of carbonyl (C=O) groups is 2. The number of rotatable bonds is 17. The summed E-state index contributed by atoms with van der Waals surface area (Å²) in [5.74, 6) is -0.301. The van der Waals surface area contributed by atoms with Crippen LogP contribution in [0.4, 0.5) is 0 Å². The Hall–Kier alpha value is -1.63. The van der Waals surface area contributed by atoms with Crippen molar-refractivity contribution in [2.75, 3.05) is 6.54 Å². The molecule has 0 saturated heterocycles. The van der Waals surface area contributed by atoms with Crippen LogP contribution in [0.25, 0.3) is 0 Å². The van der Waals surface area contributed by atoms with Crippen LogP contribution in [-0.4, -0.2) is 38.2 Å². The Morgan fingerprint density at radius 1 is 0.848 bits per heavy atom. The number of hydrogen-bond donors (Lipinski definition) is 0. The Labute approximate surface area is 207 Å². The fraction of sp³-hybridized carbons (Fsp3) is 0.679. The first-order valence-electron chi connectivity index (χ1n) is 13.0. The number of hydrogen-bond acceptors (Lipinski definition) is 3. The van der Waals surface area contributed by atoms with Crippen molar-refractivity contribution in [3.63, 3.8) is 0 Å². The maximum atomic E-state index is 13.3. The van der Waals surface area contributed by atoms with Gasteiger partial charge in [-0.15, -0.1) is 0 Å². The van der Waals surface area contributed by atoms with Crippen molar-refractivity contribution in [2.24, 2.45) is 0 Å². The molecular formula is C28H42N2O2Se. The molecule has 2 rings (SSSR count). The fourth-order valence-corrected chi connectivity index (χ4v) is 6.11. The van der Waals surface area contributed by atoms with Crippen molar-refractivity contribution in [3.05, 3.63) is 35.4 Å². The van der Waals surface area contributed by atoms with Gasteiger partial charge in [-0.25, -0.2) is 0 Å². The molecule has 0 aromatic heterocycles. The minimum absolute atomic E-state index is 0.127. The molecule has 1 aromatic carbocycles. The van der Waals surface area contributed by atoms with E-state index in [-0.39, 0.29) is 26.8 Å². The molecular weight excluding hydrogens is 475 g/mol. The molecule has 0 bridgehead atoms. The van der Waals surface area contributed by atoms with E-state index >= 15 is 0 Å². The zero-order chi connectivity index (χ0) is 23.9. The first-order valence-corrected chi connectivity index (χ1v) is 15.1. The van der Waals surface area contributed by atoms with Crippen molar-refractivity contribution in [1.29, 1.82) is 5.26 Å². The van der Waals surface area contributed by atoms with E-state index in [0.717, 1.165) is 18.4 Å². The summed E-state index contributed by atoms with van der Waals surface area (Å²) in [5, 5.41) is 9.60. The van der Waals surface area contributed by atoms with E-state index in [9.17, 15) is 9.59 Å². The molecule has 1 aliphatic rings. The van der Waals surface area contributed by atoms with Gasteiger partial charge in [-0.3, -0.25) is 0 Å². The van der Waals surface area contributed by atoms with Gasteiger partial charge in [0.1, 0.15) is 0 Å². The van der Waals surface area contributed by atoms with Gasteiger partial charge in [0.25, 0.3) is 0 Å². The third-order valence-corrected chi connectivity index (χ3v) is 8.66. The summed E-state index contributed by atoms with van der Waals surface area (Å²) in [6, 6.07) is 7.43. The average molecular weight is 518 g/mol. The summed E-state index contributed by atoms with van der Waals surface area (Å²) in [6.45, 7) is 4.65. The summed E-state index contributed by atoms with van der Waals surface area (Å²) in [4.78, 5) is 30.0. The van der Waals surface area contributed by atoms with Gasteiger partial charge in [0, 0.05) is 0 Å². The molecule has 1 aliphatic heterocycles. The van der Waals surface area contributed by atoms with E-state index in [0.29, 0.717) is 17.4 Å². The van der Waals surface area contributed by atoms with E-state index in [1.807, 2.05) is 31.2 Å². The number of unbranched alkanes of at least 4 members (excludes halogenated alkanes) is 13. The Bertz CT molecular complexity index is 788. The number of fused-ring (bicyclic) bond motifs is 1. The molecule has 33 heavy (non-hydrogen) atoms. The summed E-state index contributed by atoms with van der Waals surface area (Å²) in [5.41, 5.74) is 0.643. The summed E-state index contributed by atoms with van der Waals surface area (Å²) in [7, 11) is 0. The van der Waals surface area contributed by atoms with Gasteiger partial charge in [-0.05, 0) is 0 Å². The van der Waals surface area contributed by atoms with Crippen LogP contribution in [0.2, 0.25) is 5.32 Å². The van der Waals surface area contributed by atoms with Gasteiger partial charge in [0.2, 0.25) is 0 Å². The average Bonchev–Trinajstić information content (AvgIpc) is 2.83. The Morgan fingerprint density at radius 2 is 1.36 bits per heavy atom. The predicted octanol–water partition coefficient (Wildman–Crippen LogP) is 7.01. The summed E-state index contributed by atoms with van der Waals surface area (Å²) in [6.07, 6.45) is 18.0. The molecule has 0 spiro atoms.